The van der Waals surface area contributed by atoms with Crippen LogP contribution in [0.25, 0.3) is 10.9 Å². The number of carbonyl (C=O) groups excluding carboxylic acids is 2. The van der Waals surface area contributed by atoms with E-state index in [0.29, 0.717) is 52.9 Å². The fourth-order valence-corrected chi connectivity index (χ4v) is 4.95. The molecule has 234 valence electrons. The molecule has 2 aliphatic rings. The molecular weight excluding hydrogens is 587 g/mol. The van der Waals surface area contributed by atoms with Crippen molar-refractivity contribution in [2.45, 2.75) is 39.2 Å². The molecule has 1 saturated carbocycles. The number of nitrogens with zero attached hydrogens (tertiary/aromatic N) is 4. The summed E-state index contributed by atoms with van der Waals surface area (Å²) in [4.78, 5) is 38.2. The second-order valence-corrected chi connectivity index (χ2v) is 12.6. The van der Waals surface area contributed by atoms with Crippen LogP contribution >= 0.6 is 11.6 Å². The van der Waals surface area contributed by atoms with E-state index < -0.39 is 11.4 Å². The van der Waals surface area contributed by atoms with Gasteiger partial charge in [-0.2, -0.15) is 0 Å². The van der Waals surface area contributed by atoms with Gasteiger partial charge in [-0.05, 0) is 63.8 Å². The average Bonchev–Trinajstić information content (AvgIpc) is 3.79. The van der Waals surface area contributed by atoms with Gasteiger partial charge >= 0.3 is 5.97 Å². The maximum Gasteiger partial charge on any atom is 0.320 e. The monoisotopic (exact) mass is 624 g/mol. The van der Waals surface area contributed by atoms with Crippen LogP contribution in [-0.4, -0.2) is 83.1 Å². The number of anilines is 3. The lowest BCUT2D eigenvalue weighted by Gasteiger charge is -2.34. The third-order valence-electron chi connectivity index (χ3n) is 7.22. The summed E-state index contributed by atoms with van der Waals surface area (Å²) >= 11 is 5.96. The average molecular weight is 625 g/mol. The second kappa shape index (κ2) is 13.9. The number of piperazine rings is 1. The number of nitrogens with one attached hydrogen (secondary N) is 2. The topological polar surface area (TPSA) is 109 Å². The largest absolute Gasteiger partial charge is 0.491 e. The van der Waals surface area contributed by atoms with Gasteiger partial charge in [0.15, 0.2) is 0 Å². The Hall–Kier alpha value is -3.80. The molecule has 2 heterocycles. The van der Waals surface area contributed by atoms with Gasteiger partial charge in [-0.3, -0.25) is 19.4 Å². The van der Waals surface area contributed by atoms with Gasteiger partial charge in [0, 0.05) is 55.9 Å². The highest BCUT2D eigenvalue weighted by molar-refractivity contribution is 6.31. The maximum atomic E-state index is 13.7. The lowest BCUT2D eigenvalue weighted by molar-refractivity contribution is -0.156. The lowest BCUT2D eigenvalue weighted by Crippen LogP contribution is -2.48. The van der Waals surface area contributed by atoms with Crippen molar-refractivity contribution in [3.63, 3.8) is 0 Å². The number of aromatic nitrogens is 2. The van der Waals surface area contributed by atoms with E-state index in [1.807, 2.05) is 26.8 Å². The van der Waals surface area contributed by atoms with Gasteiger partial charge < -0.3 is 20.1 Å². The van der Waals surface area contributed by atoms with Crippen LogP contribution in [0.3, 0.4) is 0 Å². The molecule has 1 aromatic heterocycles. The fraction of sp³-hybridized carbons (Fsp3) is 0.438. The minimum Gasteiger partial charge on any atom is -0.491 e. The molecule has 1 saturated heterocycles. The van der Waals surface area contributed by atoms with Crippen LogP contribution in [0.2, 0.25) is 5.02 Å². The van der Waals surface area contributed by atoms with E-state index in [0.717, 1.165) is 39.0 Å². The summed E-state index contributed by atoms with van der Waals surface area (Å²) in [6.45, 7) is 10.1. The van der Waals surface area contributed by atoms with Crippen molar-refractivity contribution < 1.29 is 23.5 Å². The summed E-state index contributed by atoms with van der Waals surface area (Å²) in [5.41, 5.74) is 1.19. The molecule has 10 nitrogen and oxygen atoms in total. The molecule has 2 aromatic carbocycles. The molecule has 0 unspecified atom stereocenters. The molecule has 1 amide bonds. The van der Waals surface area contributed by atoms with Crippen molar-refractivity contribution >= 4 is 51.6 Å². The SMILES string of the molecule is CC(C)(C)OC(=O)CN1CCN(CC=CC(=O)Nc2cc3c(Nc4ccc(F)c(Cl)c4)ncnc3cc2OCC2CC2)CC1. The van der Waals surface area contributed by atoms with Crippen LogP contribution in [0.1, 0.15) is 33.6 Å². The molecule has 44 heavy (non-hydrogen) atoms. The normalized spacial score (nSPS) is 16.3. The van der Waals surface area contributed by atoms with Gasteiger partial charge in [0.05, 0.1) is 29.4 Å². The zero-order chi connectivity index (χ0) is 31.3. The molecule has 1 aliphatic heterocycles. The standard InChI is InChI=1S/C32H38ClFN6O4/c1-32(2,3)44-30(42)18-40-13-11-39(12-14-40)10-4-5-29(41)38-27-16-23-26(17-28(27)43-19-21-6-7-21)35-20-36-31(23)37-22-8-9-25(34)24(33)15-22/h4-5,8-9,15-17,20-21H,6-7,10-14,18-19H2,1-3H3,(H,38,41)(H,35,36,37). The zero-order valence-corrected chi connectivity index (χ0v) is 26.0. The molecule has 0 bridgehead atoms. The number of hydrogen-bond donors (Lipinski definition) is 2. The van der Waals surface area contributed by atoms with Crippen LogP contribution in [0.5, 0.6) is 5.75 Å². The highest BCUT2D eigenvalue weighted by Crippen LogP contribution is 2.36. The minimum atomic E-state index is -0.513. The summed E-state index contributed by atoms with van der Waals surface area (Å²) < 4.78 is 25.2. The first-order chi connectivity index (χ1) is 21.0. The van der Waals surface area contributed by atoms with Crippen molar-refractivity contribution in [1.82, 2.24) is 19.8 Å². The van der Waals surface area contributed by atoms with Crippen LogP contribution in [-0.2, 0) is 14.3 Å². The Morgan fingerprint density at radius 3 is 2.55 bits per heavy atom. The number of rotatable bonds is 11. The molecule has 0 spiro atoms. The Kier molecular flexibility index (Phi) is 9.97. The number of carbonyl (C=O) groups is 2. The third kappa shape index (κ3) is 9.10. The summed E-state index contributed by atoms with van der Waals surface area (Å²) in [6, 6.07) is 7.89. The molecule has 0 radical (unpaired) electrons. The zero-order valence-electron chi connectivity index (χ0n) is 25.2. The smallest absolute Gasteiger partial charge is 0.320 e. The first-order valence-electron chi connectivity index (χ1n) is 14.8. The summed E-state index contributed by atoms with van der Waals surface area (Å²) in [5.74, 6) is 0.502. The predicted octanol–water partition coefficient (Wildman–Crippen LogP) is 5.41. The fourth-order valence-electron chi connectivity index (χ4n) is 4.77. The number of fused-ring (bicyclic) bond motifs is 1. The van der Waals surface area contributed by atoms with Crippen molar-refractivity contribution in [2.75, 3.05) is 56.5 Å². The van der Waals surface area contributed by atoms with Gasteiger partial charge in [0.2, 0.25) is 5.91 Å². The van der Waals surface area contributed by atoms with E-state index in [2.05, 4.69) is 30.4 Å². The number of hydrogen-bond acceptors (Lipinski definition) is 9. The molecule has 0 atom stereocenters. The number of halogens is 2. The second-order valence-electron chi connectivity index (χ2n) is 12.2. The van der Waals surface area contributed by atoms with Gasteiger partial charge in [-0.15, -0.1) is 0 Å². The van der Waals surface area contributed by atoms with Crippen molar-refractivity contribution in [2.24, 2.45) is 5.92 Å². The third-order valence-corrected chi connectivity index (χ3v) is 7.51. The van der Waals surface area contributed by atoms with Crippen molar-refractivity contribution in [3.05, 3.63) is 59.7 Å². The quantitative estimate of drug-likeness (QED) is 0.214. The van der Waals surface area contributed by atoms with Crippen LogP contribution in [0.15, 0.2) is 48.8 Å². The highest BCUT2D eigenvalue weighted by atomic mass is 35.5. The van der Waals surface area contributed by atoms with E-state index in [1.54, 1.807) is 18.2 Å². The Morgan fingerprint density at radius 1 is 1.09 bits per heavy atom. The number of benzene rings is 2. The summed E-state index contributed by atoms with van der Waals surface area (Å²) in [7, 11) is 0. The van der Waals surface area contributed by atoms with Crippen LogP contribution in [0, 0.1) is 11.7 Å². The van der Waals surface area contributed by atoms with Crippen LogP contribution in [0.4, 0.5) is 21.6 Å². The van der Waals surface area contributed by atoms with Gasteiger partial charge in [-0.1, -0.05) is 17.7 Å². The first kappa shape index (κ1) is 31.6. The molecule has 12 heteroatoms. The Labute approximate surface area is 261 Å². The molecule has 2 fully saturated rings. The molecule has 2 N–H and O–H groups in total. The molecule has 3 aromatic rings. The Bertz CT molecular complexity index is 1530. The molecule has 1 aliphatic carbocycles. The van der Waals surface area contributed by atoms with E-state index in [9.17, 15) is 14.0 Å². The Balaban J connectivity index is 1.22. The van der Waals surface area contributed by atoms with E-state index in [-0.39, 0.29) is 23.4 Å². The van der Waals surface area contributed by atoms with Crippen molar-refractivity contribution in [3.8, 4) is 5.75 Å². The van der Waals surface area contributed by atoms with E-state index in [4.69, 9.17) is 21.1 Å². The molecular formula is C32H38ClFN6O4. The van der Waals surface area contributed by atoms with Gasteiger partial charge in [-0.25, -0.2) is 14.4 Å². The van der Waals surface area contributed by atoms with Crippen molar-refractivity contribution in [1.29, 1.82) is 0 Å². The predicted molar refractivity (Wildman–Crippen MR) is 169 cm³/mol. The summed E-state index contributed by atoms with van der Waals surface area (Å²) in [5, 5.41) is 6.76. The van der Waals surface area contributed by atoms with Crippen LogP contribution < -0.4 is 15.4 Å². The first-order valence-corrected chi connectivity index (χ1v) is 15.2. The molecule has 5 rings (SSSR count). The lowest BCUT2D eigenvalue weighted by atomic mass is 10.1. The van der Waals surface area contributed by atoms with Gasteiger partial charge in [0.25, 0.3) is 0 Å². The Morgan fingerprint density at radius 2 is 1.84 bits per heavy atom. The highest BCUT2D eigenvalue weighted by Gasteiger charge is 2.24. The van der Waals surface area contributed by atoms with E-state index in [1.165, 1.54) is 24.5 Å². The number of amides is 1. The number of ether oxygens (including phenoxy) is 2. The maximum absolute atomic E-state index is 13.7. The minimum absolute atomic E-state index is 0.00783. The summed E-state index contributed by atoms with van der Waals surface area (Å²) in [6.07, 6.45) is 7.04. The van der Waals surface area contributed by atoms with Gasteiger partial charge in [0.1, 0.15) is 29.3 Å². The van der Waals surface area contributed by atoms with E-state index >= 15 is 0 Å². The number of esters is 1.